The van der Waals surface area contributed by atoms with Gasteiger partial charge in [-0.3, -0.25) is 0 Å². The van der Waals surface area contributed by atoms with Crippen LogP contribution in [0.2, 0.25) is 0 Å². The molecule has 110 valence electrons. The molecule has 1 aromatic heterocycles. The molecule has 1 aromatic carbocycles. The van der Waals surface area contributed by atoms with Crippen LogP contribution in [0.5, 0.6) is 0 Å². The summed E-state index contributed by atoms with van der Waals surface area (Å²) in [5.41, 5.74) is 3.22. The van der Waals surface area contributed by atoms with E-state index in [1.54, 1.807) is 11.8 Å². The van der Waals surface area contributed by atoms with Crippen molar-refractivity contribution in [3.05, 3.63) is 24.4 Å². The zero-order valence-electron chi connectivity index (χ0n) is 10.9. The Bertz CT molecular complexity index is 593. The number of fused-ring (bicyclic) bond motifs is 1. The summed E-state index contributed by atoms with van der Waals surface area (Å²) in [5.74, 6) is 0.923. The Morgan fingerprint density at radius 3 is 2.70 bits per heavy atom. The number of benzene rings is 1. The first kappa shape index (κ1) is 15.4. The molecule has 0 bridgehead atoms. The molecule has 0 aliphatic heterocycles. The second kappa shape index (κ2) is 6.22. The van der Waals surface area contributed by atoms with Gasteiger partial charge in [-0.05, 0) is 35.7 Å². The Balaban J connectivity index is 2.23. The van der Waals surface area contributed by atoms with Crippen molar-refractivity contribution in [1.29, 1.82) is 0 Å². The molecule has 0 radical (unpaired) electrons. The maximum atomic E-state index is 12.2. The van der Waals surface area contributed by atoms with Gasteiger partial charge in [0.05, 0.1) is 5.52 Å². The van der Waals surface area contributed by atoms with Gasteiger partial charge in [0.2, 0.25) is 0 Å². The van der Waals surface area contributed by atoms with Crippen molar-refractivity contribution in [3.8, 4) is 0 Å². The predicted octanol–water partition coefficient (Wildman–Crippen LogP) is 4.59. The van der Waals surface area contributed by atoms with Crippen molar-refractivity contribution in [3.63, 3.8) is 0 Å². The lowest BCUT2D eigenvalue weighted by Crippen LogP contribution is -2.06. The highest BCUT2D eigenvalue weighted by molar-refractivity contribution is 8.00. The fourth-order valence-electron chi connectivity index (χ4n) is 2.01. The van der Waals surface area contributed by atoms with Crippen molar-refractivity contribution in [2.75, 3.05) is 17.2 Å². The molecule has 2 nitrogen and oxygen atoms in total. The van der Waals surface area contributed by atoms with E-state index in [0.29, 0.717) is 12.2 Å². The number of halogens is 3. The minimum Gasteiger partial charge on any atom is -0.399 e. The van der Waals surface area contributed by atoms with E-state index < -0.39 is 5.51 Å². The molecule has 1 heterocycles. The van der Waals surface area contributed by atoms with Gasteiger partial charge in [0.1, 0.15) is 0 Å². The quantitative estimate of drug-likeness (QED) is 0.646. The van der Waals surface area contributed by atoms with Crippen LogP contribution in [0, 0.1) is 0 Å². The largest absolute Gasteiger partial charge is 0.441 e. The van der Waals surface area contributed by atoms with E-state index in [9.17, 15) is 13.2 Å². The Labute approximate surface area is 123 Å². The van der Waals surface area contributed by atoms with Crippen LogP contribution < -0.4 is 5.73 Å². The second-order valence-electron chi connectivity index (χ2n) is 4.19. The highest BCUT2D eigenvalue weighted by Crippen LogP contribution is 2.33. The summed E-state index contributed by atoms with van der Waals surface area (Å²) in [6.45, 7) is 2.37. The fourth-order valence-corrected chi connectivity index (χ4v) is 3.39. The minimum absolute atomic E-state index is 0.00165. The molecule has 0 saturated carbocycles. The van der Waals surface area contributed by atoms with Crippen LogP contribution in [0.4, 0.5) is 18.9 Å². The number of anilines is 1. The number of hydrogen-bond donors (Lipinski definition) is 1. The van der Waals surface area contributed by atoms with Crippen LogP contribution in [0.3, 0.4) is 0 Å². The zero-order valence-corrected chi connectivity index (χ0v) is 12.5. The molecule has 2 N–H and O–H groups in total. The van der Waals surface area contributed by atoms with Crippen molar-refractivity contribution in [2.24, 2.45) is 0 Å². The summed E-state index contributed by atoms with van der Waals surface area (Å²) in [5, 5.41) is 1.04. The van der Waals surface area contributed by atoms with E-state index in [0.717, 1.165) is 21.6 Å². The molecule has 0 amide bonds. The summed E-state index contributed by atoms with van der Waals surface area (Å²) in [7, 11) is 0. The van der Waals surface area contributed by atoms with Gasteiger partial charge in [0, 0.05) is 34.5 Å². The number of alkyl halides is 3. The molecule has 7 heteroatoms. The van der Waals surface area contributed by atoms with E-state index >= 15 is 0 Å². The zero-order chi connectivity index (χ0) is 14.8. The lowest BCUT2D eigenvalue weighted by molar-refractivity contribution is -0.0328. The smallest absolute Gasteiger partial charge is 0.399 e. The number of aromatic nitrogens is 1. The average Bonchev–Trinajstić information content (AvgIpc) is 2.71. The molecule has 0 fully saturated rings. The van der Waals surface area contributed by atoms with E-state index in [1.807, 2.05) is 29.0 Å². The molecule has 0 unspecified atom stereocenters. The van der Waals surface area contributed by atoms with Crippen molar-refractivity contribution in [2.45, 2.75) is 23.9 Å². The first-order valence-corrected chi connectivity index (χ1v) is 8.09. The van der Waals surface area contributed by atoms with Crippen molar-refractivity contribution >= 4 is 40.1 Å². The monoisotopic (exact) mass is 320 g/mol. The summed E-state index contributed by atoms with van der Waals surface area (Å²) >= 11 is 1.68. The van der Waals surface area contributed by atoms with Gasteiger partial charge in [0.25, 0.3) is 0 Å². The molecule has 0 aliphatic carbocycles. The molecule has 20 heavy (non-hydrogen) atoms. The van der Waals surface area contributed by atoms with Crippen molar-refractivity contribution < 1.29 is 13.2 Å². The Morgan fingerprint density at radius 1 is 1.30 bits per heavy atom. The summed E-state index contributed by atoms with van der Waals surface area (Å²) in [6, 6.07) is 5.66. The third kappa shape index (κ3) is 3.79. The number of nitrogens with two attached hydrogens (primary N) is 1. The molecule has 0 aliphatic rings. The van der Waals surface area contributed by atoms with Gasteiger partial charge in [-0.1, -0.05) is 6.92 Å². The van der Waals surface area contributed by atoms with Crippen LogP contribution in [-0.4, -0.2) is 21.6 Å². The maximum absolute atomic E-state index is 12.2. The topological polar surface area (TPSA) is 30.9 Å². The van der Waals surface area contributed by atoms with Gasteiger partial charge < -0.3 is 10.3 Å². The van der Waals surface area contributed by atoms with Crippen molar-refractivity contribution in [1.82, 2.24) is 4.57 Å². The lowest BCUT2D eigenvalue weighted by atomic mass is 10.2. The summed E-state index contributed by atoms with van der Waals surface area (Å²) in [6.07, 6.45) is 1.82. The first-order valence-electron chi connectivity index (χ1n) is 6.12. The second-order valence-corrected chi connectivity index (χ2v) is 6.65. The molecule has 0 atom stereocenters. The number of hydrogen-bond acceptors (Lipinski definition) is 3. The predicted molar refractivity (Wildman–Crippen MR) is 81.3 cm³/mol. The van der Waals surface area contributed by atoms with Crippen LogP contribution >= 0.6 is 23.5 Å². The molecule has 0 spiro atoms. The number of nitrogen functional groups attached to an aromatic ring is 1. The van der Waals surface area contributed by atoms with Crippen LogP contribution in [0.15, 0.2) is 29.3 Å². The highest BCUT2D eigenvalue weighted by atomic mass is 32.2. The van der Waals surface area contributed by atoms with E-state index in [-0.39, 0.29) is 17.5 Å². The minimum atomic E-state index is -4.18. The normalized spacial score (nSPS) is 12.2. The molecular weight excluding hydrogens is 305 g/mol. The number of nitrogens with zero attached hydrogens (tertiary/aromatic N) is 1. The number of thioether (sulfide) groups is 2. The highest BCUT2D eigenvalue weighted by Gasteiger charge is 2.27. The van der Waals surface area contributed by atoms with E-state index in [2.05, 4.69) is 6.92 Å². The van der Waals surface area contributed by atoms with Gasteiger partial charge in [0.15, 0.2) is 0 Å². The maximum Gasteiger partial charge on any atom is 0.441 e. The third-order valence-electron chi connectivity index (χ3n) is 2.77. The fraction of sp³-hybridized carbons (Fsp3) is 0.385. The molecule has 0 saturated heterocycles. The van der Waals surface area contributed by atoms with E-state index in [4.69, 9.17) is 5.73 Å². The average molecular weight is 320 g/mol. The number of aryl methyl sites for hydroxylation is 1. The Morgan fingerprint density at radius 2 is 2.05 bits per heavy atom. The van der Waals surface area contributed by atoms with Gasteiger partial charge in [-0.25, -0.2) is 0 Å². The molecule has 2 rings (SSSR count). The van der Waals surface area contributed by atoms with Crippen LogP contribution in [0.1, 0.15) is 6.92 Å². The van der Waals surface area contributed by atoms with Gasteiger partial charge in [-0.15, -0.1) is 11.8 Å². The number of rotatable bonds is 5. The Hall–Kier alpha value is -0.950. The SMILES string of the molecule is CCSc1cc(N)cc2c1ccn2CCSC(F)(F)F. The lowest BCUT2D eigenvalue weighted by Gasteiger charge is -2.09. The van der Waals surface area contributed by atoms with Gasteiger partial charge >= 0.3 is 5.51 Å². The third-order valence-corrected chi connectivity index (χ3v) is 4.42. The van der Waals surface area contributed by atoms with E-state index in [1.165, 1.54) is 0 Å². The molecule has 2 aromatic rings. The van der Waals surface area contributed by atoms with Crippen LogP contribution in [0.25, 0.3) is 10.9 Å². The Kier molecular flexibility index (Phi) is 4.80. The summed E-state index contributed by atoms with van der Waals surface area (Å²) < 4.78 is 38.3. The standard InChI is InChI=1S/C13H15F3N2S2/c1-2-19-12-8-9(17)7-11-10(12)3-4-18(11)5-6-20-13(14,15)16/h3-4,7-8H,2,5-6,17H2,1H3. The first-order chi connectivity index (χ1) is 9.40. The van der Waals surface area contributed by atoms with Gasteiger partial charge in [-0.2, -0.15) is 13.2 Å². The van der Waals surface area contributed by atoms with Crippen LogP contribution in [-0.2, 0) is 6.54 Å². The summed E-state index contributed by atoms with van der Waals surface area (Å²) in [4.78, 5) is 1.07. The molecular formula is C13H15F3N2S2.